The maximum Gasteiger partial charge on any atom is 0.337 e. The molecule has 0 saturated carbocycles. The monoisotopic (exact) mass is 342 g/mol. The lowest BCUT2D eigenvalue weighted by molar-refractivity contribution is -0.138. The molecule has 124 valence electrons. The molecule has 1 aliphatic rings. The van der Waals surface area contributed by atoms with E-state index in [1.165, 1.54) is 17.8 Å². The second-order valence-electron chi connectivity index (χ2n) is 4.80. The number of halogens is 2. The number of carbonyl (C=O) groups is 2. The Balaban J connectivity index is 2.20. The van der Waals surface area contributed by atoms with Gasteiger partial charge in [-0.15, -0.1) is 11.8 Å². The fraction of sp³-hybridized carbons (Fsp3) is 0.333. The van der Waals surface area contributed by atoms with Crippen LogP contribution in [0.3, 0.4) is 0 Å². The van der Waals surface area contributed by atoms with E-state index in [0.29, 0.717) is 16.2 Å². The first kappa shape index (κ1) is 17.3. The maximum atomic E-state index is 13.2. The normalized spacial score (nSPS) is 17.6. The zero-order valence-corrected chi connectivity index (χ0v) is 13.4. The molecule has 1 aromatic carbocycles. The molecule has 2 N–H and O–H groups in total. The maximum absolute atomic E-state index is 13.2. The Morgan fingerprint density at radius 3 is 2.74 bits per heavy atom. The van der Waals surface area contributed by atoms with Crippen LogP contribution in [0.1, 0.15) is 13.8 Å². The second-order valence-corrected chi connectivity index (χ2v) is 5.85. The van der Waals surface area contributed by atoms with Crippen molar-refractivity contribution >= 4 is 23.8 Å². The first-order chi connectivity index (χ1) is 10.9. The lowest BCUT2D eigenvalue weighted by atomic mass is 10.1. The SMILES string of the molecule is CCOC(=O)C1=C(CSc2ccc(F)c(F)c2)NC(=O)N[C@@H]1C. The van der Waals surface area contributed by atoms with Crippen LogP contribution in [0, 0.1) is 11.6 Å². The van der Waals surface area contributed by atoms with Crippen LogP contribution in [0.4, 0.5) is 13.6 Å². The third-order valence-corrected chi connectivity index (χ3v) is 4.16. The molecule has 23 heavy (non-hydrogen) atoms. The summed E-state index contributed by atoms with van der Waals surface area (Å²) in [4.78, 5) is 24.1. The average molecular weight is 342 g/mol. The van der Waals surface area contributed by atoms with E-state index in [2.05, 4.69) is 10.6 Å². The van der Waals surface area contributed by atoms with Gasteiger partial charge in [0.2, 0.25) is 0 Å². The summed E-state index contributed by atoms with van der Waals surface area (Å²) in [5.41, 5.74) is 0.718. The predicted molar refractivity (Wildman–Crippen MR) is 81.9 cm³/mol. The number of thioether (sulfide) groups is 1. The van der Waals surface area contributed by atoms with Crippen LogP contribution in [0.5, 0.6) is 0 Å². The number of hydrogen-bond donors (Lipinski definition) is 2. The Hall–Kier alpha value is -2.09. The standard InChI is InChI=1S/C15H16F2N2O3S/c1-3-22-14(20)13-8(2)18-15(21)19-12(13)7-23-9-4-5-10(16)11(17)6-9/h4-6,8H,3,7H2,1-2H3,(H2,18,19,21)/t8-/m1/s1. The van der Waals surface area contributed by atoms with Crippen LogP contribution < -0.4 is 10.6 Å². The van der Waals surface area contributed by atoms with Crippen LogP contribution in [0.2, 0.25) is 0 Å². The van der Waals surface area contributed by atoms with Gasteiger partial charge in [-0.25, -0.2) is 18.4 Å². The van der Waals surface area contributed by atoms with Gasteiger partial charge in [-0.2, -0.15) is 0 Å². The number of benzene rings is 1. The average Bonchev–Trinajstić information content (AvgIpc) is 2.48. The largest absolute Gasteiger partial charge is 0.463 e. The summed E-state index contributed by atoms with van der Waals surface area (Å²) in [6, 6.07) is 2.61. The zero-order chi connectivity index (χ0) is 17.0. The Morgan fingerprint density at radius 1 is 1.35 bits per heavy atom. The minimum atomic E-state index is -0.947. The highest BCUT2D eigenvalue weighted by atomic mass is 32.2. The molecule has 0 bridgehead atoms. The molecule has 0 aromatic heterocycles. The van der Waals surface area contributed by atoms with Crippen LogP contribution in [0.15, 0.2) is 34.4 Å². The molecule has 2 rings (SSSR count). The summed E-state index contributed by atoms with van der Waals surface area (Å²) in [6.45, 7) is 3.58. The fourth-order valence-electron chi connectivity index (χ4n) is 2.12. The van der Waals surface area contributed by atoms with E-state index in [1.54, 1.807) is 13.8 Å². The van der Waals surface area contributed by atoms with E-state index in [4.69, 9.17) is 4.74 Å². The lowest BCUT2D eigenvalue weighted by Crippen LogP contribution is -2.49. The van der Waals surface area contributed by atoms with Crippen molar-refractivity contribution in [3.05, 3.63) is 41.1 Å². The number of rotatable bonds is 5. The Morgan fingerprint density at radius 2 is 2.09 bits per heavy atom. The number of carbonyl (C=O) groups excluding carboxylic acids is 2. The Bertz CT molecular complexity index is 664. The molecule has 0 spiro atoms. The van der Waals surface area contributed by atoms with E-state index in [0.717, 1.165) is 12.1 Å². The number of hydrogen-bond acceptors (Lipinski definition) is 4. The summed E-state index contributed by atoms with van der Waals surface area (Å²) in [5.74, 6) is -2.17. The molecule has 1 atom stereocenters. The van der Waals surface area contributed by atoms with Crippen molar-refractivity contribution in [3.63, 3.8) is 0 Å². The van der Waals surface area contributed by atoms with Crippen LogP contribution in [-0.4, -0.2) is 30.4 Å². The van der Waals surface area contributed by atoms with E-state index in [-0.39, 0.29) is 12.4 Å². The van der Waals surface area contributed by atoms with Crippen molar-refractivity contribution in [3.8, 4) is 0 Å². The van der Waals surface area contributed by atoms with Crippen molar-refractivity contribution in [1.82, 2.24) is 10.6 Å². The van der Waals surface area contributed by atoms with Crippen LogP contribution in [-0.2, 0) is 9.53 Å². The molecule has 0 saturated heterocycles. The summed E-state index contributed by atoms with van der Waals surface area (Å²) in [6.07, 6.45) is 0. The van der Waals surface area contributed by atoms with Gasteiger partial charge in [0.15, 0.2) is 11.6 Å². The van der Waals surface area contributed by atoms with E-state index in [9.17, 15) is 18.4 Å². The summed E-state index contributed by atoms with van der Waals surface area (Å²) in [5, 5.41) is 5.16. The molecule has 1 aliphatic heterocycles. The smallest absolute Gasteiger partial charge is 0.337 e. The Labute approximate surface area is 136 Å². The van der Waals surface area contributed by atoms with Gasteiger partial charge in [-0.05, 0) is 32.0 Å². The summed E-state index contributed by atoms with van der Waals surface area (Å²) < 4.78 is 31.1. The zero-order valence-electron chi connectivity index (χ0n) is 12.6. The van der Waals surface area contributed by atoms with Crippen LogP contribution >= 0.6 is 11.8 Å². The molecular weight excluding hydrogens is 326 g/mol. The molecular formula is C15H16F2N2O3S. The number of nitrogens with one attached hydrogen (secondary N) is 2. The predicted octanol–water partition coefficient (Wildman–Crippen LogP) is 2.58. The van der Waals surface area contributed by atoms with Gasteiger partial charge in [0.1, 0.15) is 0 Å². The first-order valence-electron chi connectivity index (χ1n) is 6.98. The van der Waals surface area contributed by atoms with E-state index >= 15 is 0 Å². The summed E-state index contributed by atoms with van der Waals surface area (Å²) >= 11 is 1.18. The molecule has 1 aromatic rings. The quantitative estimate of drug-likeness (QED) is 0.637. The molecule has 1 heterocycles. The van der Waals surface area contributed by atoms with Crippen molar-refractivity contribution < 1.29 is 23.1 Å². The van der Waals surface area contributed by atoms with Crippen molar-refractivity contribution in [2.45, 2.75) is 24.8 Å². The van der Waals surface area contributed by atoms with Crippen molar-refractivity contribution in [2.24, 2.45) is 0 Å². The van der Waals surface area contributed by atoms with Gasteiger partial charge in [0.25, 0.3) is 0 Å². The van der Waals surface area contributed by atoms with Gasteiger partial charge in [0, 0.05) is 16.3 Å². The molecule has 0 radical (unpaired) electrons. The number of urea groups is 1. The first-order valence-corrected chi connectivity index (χ1v) is 7.96. The van der Waals surface area contributed by atoms with Gasteiger partial charge in [-0.3, -0.25) is 0 Å². The topological polar surface area (TPSA) is 67.4 Å². The molecule has 2 amide bonds. The minimum absolute atomic E-state index is 0.215. The fourth-order valence-corrected chi connectivity index (χ4v) is 3.01. The van der Waals surface area contributed by atoms with Gasteiger partial charge < -0.3 is 15.4 Å². The van der Waals surface area contributed by atoms with E-state index < -0.39 is 29.7 Å². The molecule has 0 fully saturated rings. The van der Waals surface area contributed by atoms with Crippen molar-refractivity contribution in [2.75, 3.05) is 12.4 Å². The van der Waals surface area contributed by atoms with E-state index in [1.807, 2.05) is 0 Å². The second kappa shape index (κ2) is 7.45. The van der Waals surface area contributed by atoms with Gasteiger partial charge in [0.05, 0.1) is 18.2 Å². The molecule has 0 aliphatic carbocycles. The van der Waals surface area contributed by atoms with Crippen molar-refractivity contribution in [1.29, 1.82) is 0 Å². The minimum Gasteiger partial charge on any atom is -0.463 e. The highest BCUT2D eigenvalue weighted by molar-refractivity contribution is 7.99. The number of ether oxygens (including phenoxy) is 1. The third-order valence-electron chi connectivity index (χ3n) is 3.14. The molecule has 8 heteroatoms. The lowest BCUT2D eigenvalue weighted by Gasteiger charge is -2.26. The summed E-state index contributed by atoms with van der Waals surface area (Å²) in [7, 11) is 0. The highest BCUT2D eigenvalue weighted by Crippen LogP contribution is 2.25. The third kappa shape index (κ3) is 4.22. The number of esters is 1. The molecule has 5 nitrogen and oxygen atoms in total. The van der Waals surface area contributed by atoms with Gasteiger partial charge in [-0.1, -0.05) is 0 Å². The van der Waals surface area contributed by atoms with Crippen LogP contribution in [0.25, 0.3) is 0 Å². The highest BCUT2D eigenvalue weighted by Gasteiger charge is 2.29. The Kier molecular flexibility index (Phi) is 5.59. The molecule has 0 unspecified atom stereocenters. The number of amides is 2. The van der Waals surface area contributed by atoms with Gasteiger partial charge >= 0.3 is 12.0 Å².